The molecule has 0 unspecified atom stereocenters. The van der Waals surface area contributed by atoms with Crippen LogP contribution >= 0.6 is 11.8 Å². The van der Waals surface area contributed by atoms with Gasteiger partial charge >= 0.3 is 0 Å². The number of ether oxygens (including phenoxy) is 1. The van der Waals surface area contributed by atoms with Gasteiger partial charge in [-0.05, 0) is 30.7 Å². The number of anilines is 1. The summed E-state index contributed by atoms with van der Waals surface area (Å²) in [5.41, 5.74) is 1.72. The van der Waals surface area contributed by atoms with E-state index in [0.29, 0.717) is 12.1 Å². The van der Waals surface area contributed by atoms with Crippen molar-refractivity contribution < 1.29 is 4.74 Å². The molecule has 0 amide bonds. The van der Waals surface area contributed by atoms with Gasteiger partial charge in [0.25, 0.3) is 0 Å². The lowest BCUT2D eigenvalue weighted by Gasteiger charge is -2.35. The molecule has 0 radical (unpaired) electrons. The summed E-state index contributed by atoms with van der Waals surface area (Å²) in [7, 11) is 1.75. The molecule has 0 aliphatic heterocycles. The summed E-state index contributed by atoms with van der Waals surface area (Å²) in [4.78, 5) is 1.06. The first-order chi connectivity index (χ1) is 8.78. The van der Waals surface area contributed by atoms with Gasteiger partial charge in [0.2, 0.25) is 0 Å². The molecule has 0 atom stereocenters. The van der Waals surface area contributed by atoms with Gasteiger partial charge in [-0.3, -0.25) is 0 Å². The average molecular weight is 262 g/mol. The van der Waals surface area contributed by atoms with Crippen molar-refractivity contribution in [2.75, 3.05) is 18.2 Å². The fourth-order valence-corrected chi connectivity index (χ4v) is 2.92. The van der Waals surface area contributed by atoms with Crippen LogP contribution in [0, 0.1) is 11.3 Å². The number of nitriles is 1. The third-order valence-corrected chi connectivity index (χ3v) is 4.17. The lowest BCUT2D eigenvalue weighted by atomic mass is 9.89. The van der Waals surface area contributed by atoms with Crippen LogP contribution in [0.4, 0.5) is 5.69 Å². The molecule has 0 saturated heterocycles. The van der Waals surface area contributed by atoms with E-state index in [1.54, 1.807) is 18.9 Å². The van der Waals surface area contributed by atoms with Crippen LogP contribution in [0.25, 0.3) is 0 Å². The summed E-state index contributed by atoms with van der Waals surface area (Å²) in [6.45, 7) is 2.10. The monoisotopic (exact) mass is 262 g/mol. The predicted octanol–water partition coefficient (Wildman–Crippen LogP) is 3.26. The smallest absolute Gasteiger partial charge is 0.102 e. The standard InChI is InChI=1S/C14H18N2OS/c1-3-18-14-6-4-5-13(12(14)9-15)16-10-7-11(8-10)17-2/h4-6,10-11,16H,3,7-8H2,1-2H3. The van der Waals surface area contributed by atoms with Crippen molar-refractivity contribution in [3.8, 4) is 6.07 Å². The highest BCUT2D eigenvalue weighted by atomic mass is 32.2. The SMILES string of the molecule is CCSc1cccc(NC2CC(OC)C2)c1C#N. The van der Waals surface area contributed by atoms with Gasteiger partial charge in [-0.15, -0.1) is 11.8 Å². The molecule has 1 aliphatic rings. The third-order valence-electron chi connectivity index (χ3n) is 3.23. The molecule has 0 heterocycles. The average Bonchev–Trinajstić information content (AvgIpc) is 2.34. The van der Waals surface area contributed by atoms with E-state index in [0.717, 1.165) is 34.7 Å². The molecular formula is C14H18N2OS. The molecule has 0 bridgehead atoms. The van der Waals surface area contributed by atoms with E-state index in [1.165, 1.54) is 0 Å². The van der Waals surface area contributed by atoms with E-state index in [1.807, 2.05) is 18.2 Å². The maximum atomic E-state index is 9.30. The van der Waals surface area contributed by atoms with E-state index in [4.69, 9.17) is 4.74 Å². The molecule has 0 spiro atoms. The maximum absolute atomic E-state index is 9.30. The molecule has 1 aromatic rings. The topological polar surface area (TPSA) is 45.0 Å². The number of methoxy groups -OCH3 is 1. The lowest BCUT2D eigenvalue weighted by molar-refractivity contribution is 0.0328. The Morgan fingerprint density at radius 3 is 2.89 bits per heavy atom. The van der Waals surface area contributed by atoms with Crippen molar-refractivity contribution in [1.29, 1.82) is 5.26 Å². The zero-order valence-electron chi connectivity index (χ0n) is 10.8. The Labute approximate surface area is 113 Å². The fourth-order valence-electron chi connectivity index (χ4n) is 2.14. The van der Waals surface area contributed by atoms with Crippen LogP contribution in [0.1, 0.15) is 25.3 Å². The summed E-state index contributed by atoms with van der Waals surface area (Å²) < 4.78 is 5.26. The van der Waals surface area contributed by atoms with Gasteiger partial charge in [-0.1, -0.05) is 13.0 Å². The molecule has 1 aliphatic carbocycles. The van der Waals surface area contributed by atoms with Crippen molar-refractivity contribution >= 4 is 17.4 Å². The van der Waals surface area contributed by atoms with Gasteiger partial charge in [0.05, 0.1) is 17.4 Å². The molecule has 1 saturated carbocycles. The first-order valence-corrected chi connectivity index (χ1v) is 7.22. The maximum Gasteiger partial charge on any atom is 0.102 e. The minimum absolute atomic E-state index is 0.376. The van der Waals surface area contributed by atoms with E-state index in [9.17, 15) is 5.26 Å². The van der Waals surface area contributed by atoms with Gasteiger partial charge in [-0.2, -0.15) is 5.26 Å². The quantitative estimate of drug-likeness (QED) is 0.827. The van der Waals surface area contributed by atoms with Crippen molar-refractivity contribution in [3.63, 3.8) is 0 Å². The summed E-state index contributed by atoms with van der Waals surface area (Å²) in [6.07, 6.45) is 2.42. The zero-order chi connectivity index (χ0) is 13.0. The Morgan fingerprint density at radius 1 is 1.50 bits per heavy atom. The first-order valence-electron chi connectivity index (χ1n) is 6.23. The highest BCUT2D eigenvalue weighted by molar-refractivity contribution is 7.99. The number of thioether (sulfide) groups is 1. The van der Waals surface area contributed by atoms with Crippen molar-refractivity contribution in [2.45, 2.75) is 36.8 Å². The molecule has 1 aromatic carbocycles. The van der Waals surface area contributed by atoms with Gasteiger partial charge in [0, 0.05) is 18.0 Å². The van der Waals surface area contributed by atoms with E-state index in [-0.39, 0.29) is 0 Å². The highest BCUT2D eigenvalue weighted by Gasteiger charge is 2.29. The molecule has 1 fully saturated rings. The Hall–Kier alpha value is -1.18. The fraction of sp³-hybridized carbons (Fsp3) is 0.500. The highest BCUT2D eigenvalue weighted by Crippen LogP contribution is 2.31. The van der Waals surface area contributed by atoms with Gasteiger partial charge in [-0.25, -0.2) is 0 Å². The minimum atomic E-state index is 0.376. The second-order valence-corrected chi connectivity index (χ2v) is 5.70. The second kappa shape index (κ2) is 6.12. The third kappa shape index (κ3) is 2.80. The molecule has 3 nitrogen and oxygen atoms in total. The van der Waals surface area contributed by atoms with Crippen molar-refractivity contribution in [3.05, 3.63) is 23.8 Å². The first kappa shape index (κ1) is 13.3. The van der Waals surface area contributed by atoms with Crippen LogP contribution in [-0.2, 0) is 4.74 Å². The summed E-state index contributed by atoms with van der Waals surface area (Å²) in [6, 6.07) is 8.75. The number of rotatable bonds is 5. The van der Waals surface area contributed by atoms with Crippen molar-refractivity contribution in [1.82, 2.24) is 0 Å². The Bertz CT molecular complexity index is 450. The zero-order valence-corrected chi connectivity index (χ0v) is 11.6. The summed E-state index contributed by atoms with van der Waals surface area (Å²) >= 11 is 1.71. The van der Waals surface area contributed by atoms with Crippen LogP contribution in [0.15, 0.2) is 23.1 Å². The summed E-state index contributed by atoms with van der Waals surface area (Å²) in [5, 5.41) is 12.7. The molecule has 96 valence electrons. The molecule has 0 aromatic heterocycles. The Balaban J connectivity index is 2.08. The van der Waals surface area contributed by atoms with Crippen LogP contribution in [0.3, 0.4) is 0 Å². The molecular weight excluding hydrogens is 244 g/mol. The predicted molar refractivity (Wildman–Crippen MR) is 75.0 cm³/mol. The van der Waals surface area contributed by atoms with Crippen LogP contribution in [0.5, 0.6) is 0 Å². The Kier molecular flexibility index (Phi) is 4.51. The van der Waals surface area contributed by atoms with E-state index in [2.05, 4.69) is 18.3 Å². The van der Waals surface area contributed by atoms with Gasteiger partial charge in [0.15, 0.2) is 0 Å². The van der Waals surface area contributed by atoms with Crippen LogP contribution in [0.2, 0.25) is 0 Å². The van der Waals surface area contributed by atoms with Crippen LogP contribution in [-0.4, -0.2) is 25.0 Å². The summed E-state index contributed by atoms with van der Waals surface area (Å²) in [5.74, 6) is 0.979. The largest absolute Gasteiger partial charge is 0.381 e. The Morgan fingerprint density at radius 2 is 2.28 bits per heavy atom. The molecule has 2 rings (SSSR count). The van der Waals surface area contributed by atoms with Crippen molar-refractivity contribution in [2.24, 2.45) is 0 Å². The molecule has 1 N–H and O–H groups in total. The van der Waals surface area contributed by atoms with Gasteiger partial charge in [0.1, 0.15) is 6.07 Å². The van der Waals surface area contributed by atoms with E-state index < -0.39 is 0 Å². The number of hydrogen-bond acceptors (Lipinski definition) is 4. The number of nitrogens with one attached hydrogen (secondary N) is 1. The molecule has 18 heavy (non-hydrogen) atoms. The second-order valence-electron chi connectivity index (χ2n) is 4.39. The minimum Gasteiger partial charge on any atom is -0.381 e. The number of nitrogens with zero attached hydrogens (tertiary/aromatic N) is 1. The van der Waals surface area contributed by atoms with Crippen LogP contribution < -0.4 is 5.32 Å². The lowest BCUT2D eigenvalue weighted by Crippen LogP contribution is -2.40. The van der Waals surface area contributed by atoms with E-state index >= 15 is 0 Å². The molecule has 4 heteroatoms. The number of benzene rings is 1. The normalized spacial score (nSPS) is 22.1. The number of hydrogen-bond donors (Lipinski definition) is 1. The van der Waals surface area contributed by atoms with Gasteiger partial charge < -0.3 is 10.1 Å².